The summed E-state index contributed by atoms with van der Waals surface area (Å²) in [6.07, 6.45) is 1.81. The minimum absolute atomic E-state index is 0.670. The van der Waals surface area contributed by atoms with Gasteiger partial charge < -0.3 is 10.6 Å². The molecule has 5 heteroatoms. The predicted molar refractivity (Wildman–Crippen MR) is 69.9 cm³/mol. The molecule has 0 unspecified atom stereocenters. The van der Waals surface area contributed by atoms with Gasteiger partial charge in [-0.25, -0.2) is 9.98 Å². The van der Waals surface area contributed by atoms with Crippen molar-refractivity contribution in [2.75, 3.05) is 13.1 Å². The van der Waals surface area contributed by atoms with Crippen LogP contribution in [0, 0.1) is 6.92 Å². The zero-order chi connectivity index (χ0) is 11.8. The molecule has 1 heterocycles. The van der Waals surface area contributed by atoms with Crippen molar-refractivity contribution >= 4 is 17.3 Å². The van der Waals surface area contributed by atoms with Crippen LogP contribution in [-0.4, -0.2) is 24.0 Å². The summed E-state index contributed by atoms with van der Waals surface area (Å²) in [5.41, 5.74) is 2.91. The van der Waals surface area contributed by atoms with Gasteiger partial charge in [-0.1, -0.05) is 6.08 Å². The zero-order valence-electron chi connectivity index (χ0n) is 9.79. The normalized spacial score (nSPS) is 11.2. The van der Waals surface area contributed by atoms with Gasteiger partial charge in [0.05, 0.1) is 17.7 Å². The highest BCUT2D eigenvalue weighted by molar-refractivity contribution is 7.09. The van der Waals surface area contributed by atoms with Crippen LogP contribution in [0.5, 0.6) is 0 Å². The van der Waals surface area contributed by atoms with Crippen LogP contribution in [0.3, 0.4) is 0 Å². The van der Waals surface area contributed by atoms with Gasteiger partial charge in [0.2, 0.25) is 0 Å². The first-order valence-electron chi connectivity index (χ1n) is 5.30. The summed E-state index contributed by atoms with van der Waals surface area (Å²) >= 11 is 1.64. The number of aliphatic imine (C=N–C) groups is 1. The van der Waals surface area contributed by atoms with Crippen molar-refractivity contribution in [3.63, 3.8) is 0 Å². The van der Waals surface area contributed by atoms with E-state index in [9.17, 15) is 0 Å². The average Bonchev–Trinajstić information content (AvgIpc) is 2.68. The summed E-state index contributed by atoms with van der Waals surface area (Å²) in [5, 5.41) is 6.33. The van der Waals surface area contributed by atoms with Crippen LogP contribution in [0.15, 0.2) is 23.2 Å². The molecular formula is C11H18N4S. The fourth-order valence-electron chi connectivity index (χ4n) is 1.14. The van der Waals surface area contributed by atoms with Crippen molar-refractivity contribution in [2.24, 2.45) is 4.99 Å². The number of hydrogen-bond acceptors (Lipinski definition) is 3. The Morgan fingerprint density at radius 1 is 1.62 bits per heavy atom. The van der Waals surface area contributed by atoms with E-state index in [1.165, 1.54) is 4.88 Å². The second-order valence-corrected chi connectivity index (χ2v) is 4.17. The zero-order valence-corrected chi connectivity index (χ0v) is 10.6. The Hall–Kier alpha value is -1.36. The summed E-state index contributed by atoms with van der Waals surface area (Å²) < 4.78 is 0. The molecule has 0 aliphatic carbocycles. The predicted octanol–water partition coefficient (Wildman–Crippen LogP) is 1.69. The second-order valence-electron chi connectivity index (χ2n) is 3.23. The monoisotopic (exact) mass is 238 g/mol. The number of guanidine groups is 1. The molecule has 0 aliphatic heterocycles. The first kappa shape index (κ1) is 12.7. The molecule has 1 aromatic heterocycles. The molecule has 0 saturated heterocycles. The Balaban J connectivity index is 2.56. The SMILES string of the molecule is C=CCNC(=NCc1scnc1C)NCC. The fourth-order valence-corrected chi connectivity index (χ4v) is 1.84. The van der Waals surface area contributed by atoms with Crippen molar-refractivity contribution in [3.05, 3.63) is 28.7 Å². The average molecular weight is 238 g/mol. The number of nitrogens with zero attached hydrogens (tertiary/aromatic N) is 2. The molecule has 0 radical (unpaired) electrons. The molecule has 0 aromatic carbocycles. The first-order chi connectivity index (χ1) is 7.77. The van der Waals surface area contributed by atoms with Gasteiger partial charge in [-0.2, -0.15) is 0 Å². The molecule has 2 N–H and O–H groups in total. The number of thiazole rings is 1. The molecule has 1 rings (SSSR count). The van der Waals surface area contributed by atoms with Gasteiger partial charge in [0.15, 0.2) is 5.96 Å². The van der Waals surface area contributed by atoms with Crippen LogP contribution >= 0.6 is 11.3 Å². The first-order valence-corrected chi connectivity index (χ1v) is 6.18. The summed E-state index contributed by atoms with van der Waals surface area (Å²) in [6.45, 7) is 9.95. The molecule has 1 aromatic rings. The van der Waals surface area contributed by atoms with Gasteiger partial charge in [-0.3, -0.25) is 0 Å². The van der Waals surface area contributed by atoms with E-state index in [1.807, 2.05) is 25.4 Å². The summed E-state index contributed by atoms with van der Waals surface area (Å²) in [4.78, 5) is 9.87. The number of hydrogen-bond donors (Lipinski definition) is 2. The lowest BCUT2D eigenvalue weighted by Gasteiger charge is -2.08. The van der Waals surface area contributed by atoms with Gasteiger partial charge in [-0.05, 0) is 13.8 Å². The standard InChI is InChI=1S/C11H18N4S/c1-4-6-13-11(12-5-2)14-7-10-9(3)15-8-16-10/h4,8H,1,5-7H2,2-3H3,(H2,12,13,14). The second kappa shape index (κ2) is 7.00. The van der Waals surface area contributed by atoms with E-state index in [2.05, 4.69) is 27.2 Å². The molecule has 0 fully saturated rings. The summed E-state index contributed by atoms with van der Waals surface area (Å²) in [7, 11) is 0. The Labute approximate surface area is 101 Å². The lowest BCUT2D eigenvalue weighted by Crippen LogP contribution is -2.37. The van der Waals surface area contributed by atoms with E-state index >= 15 is 0 Å². The number of aromatic nitrogens is 1. The Kier molecular flexibility index (Phi) is 5.56. The highest BCUT2D eigenvalue weighted by Gasteiger charge is 2.00. The van der Waals surface area contributed by atoms with Crippen LogP contribution in [-0.2, 0) is 6.54 Å². The maximum Gasteiger partial charge on any atom is 0.191 e. The highest BCUT2D eigenvalue weighted by Crippen LogP contribution is 2.12. The van der Waals surface area contributed by atoms with Crippen molar-refractivity contribution in [1.29, 1.82) is 0 Å². The number of rotatable bonds is 5. The van der Waals surface area contributed by atoms with Gasteiger partial charge >= 0.3 is 0 Å². The summed E-state index contributed by atoms with van der Waals surface area (Å²) in [5.74, 6) is 0.815. The molecule has 0 atom stereocenters. The minimum Gasteiger partial charge on any atom is -0.357 e. The van der Waals surface area contributed by atoms with Crippen molar-refractivity contribution in [3.8, 4) is 0 Å². The molecule has 0 amide bonds. The Morgan fingerprint density at radius 3 is 3.00 bits per heavy atom. The molecule has 16 heavy (non-hydrogen) atoms. The summed E-state index contributed by atoms with van der Waals surface area (Å²) in [6, 6.07) is 0. The lowest BCUT2D eigenvalue weighted by atomic mass is 10.4. The molecule has 0 aliphatic rings. The molecule has 88 valence electrons. The molecule has 0 bridgehead atoms. The quantitative estimate of drug-likeness (QED) is 0.466. The van der Waals surface area contributed by atoms with Gasteiger partial charge in [0.25, 0.3) is 0 Å². The molecule has 0 saturated carbocycles. The Morgan fingerprint density at radius 2 is 2.44 bits per heavy atom. The maximum absolute atomic E-state index is 4.47. The van der Waals surface area contributed by atoms with Crippen LogP contribution in [0.1, 0.15) is 17.5 Å². The fraction of sp³-hybridized carbons (Fsp3) is 0.455. The van der Waals surface area contributed by atoms with Crippen LogP contribution in [0.25, 0.3) is 0 Å². The van der Waals surface area contributed by atoms with E-state index in [1.54, 1.807) is 11.3 Å². The van der Waals surface area contributed by atoms with Crippen molar-refractivity contribution in [1.82, 2.24) is 15.6 Å². The smallest absolute Gasteiger partial charge is 0.191 e. The van der Waals surface area contributed by atoms with Crippen molar-refractivity contribution in [2.45, 2.75) is 20.4 Å². The van der Waals surface area contributed by atoms with E-state index in [4.69, 9.17) is 0 Å². The topological polar surface area (TPSA) is 49.3 Å². The van der Waals surface area contributed by atoms with Gasteiger partial charge in [-0.15, -0.1) is 17.9 Å². The van der Waals surface area contributed by atoms with E-state index in [-0.39, 0.29) is 0 Å². The third-order valence-electron chi connectivity index (χ3n) is 1.98. The van der Waals surface area contributed by atoms with Crippen molar-refractivity contribution < 1.29 is 0 Å². The van der Waals surface area contributed by atoms with Gasteiger partial charge in [0, 0.05) is 18.0 Å². The Bertz CT molecular complexity index is 357. The number of aryl methyl sites for hydroxylation is 1. The molecule has 4 nitrogen and oxygen atoms in total. The lowest BCUT2D eigenvalue weighted by molar-refractivity contribution is 0.861. The number of nitrogens with one attached hydrogen (secondary N) is 2. The van der Waals surface area contributed by atoms with Crippen LogP contribution < -0.4 is 10.6 Å². The van der Waals surface area contributed by atoms with Crippen LogP contribution in [0.4, 0.5) is 0 Å². The highest BCUT2D eigenvalue weighted by atomic mass is 32.1. The van der Waals surface area contributed by atoms with E-state index < -0.39 is 0 Å². The molecule has 0 spiro atoms. The van der Waals surface area contributed by atoms with E-state index in [0.717, 1.165) is 18.2 Å². The maximum atomic E-state index is 4.47. The van der Waals surface area contributed by atoms with Gasteiger partial charge in [0.1, 0.15) is 0 Å². The third-order valence-corrected chi connectivity index (χ3v) is 2.90. The third kappa shape index (κ3) is 4.02. The minimum atomic E-state index is 0.670. The largest absolute Gasteiger partial charge is 0.357 e. The molecular weight excluding hydrogens is 220 g/mol. The van der Waals surface area contributed by atoms with E-state index in [0.29, 0.717) is 13.1 Å². The van der Waals surface area contributed by atoms with Crippen LogP contribution in [0.2, 0.25) is 0 Å².